The van der Waals surface area contributed by atoms with Gasteiger partial charge in [-0.3, -0.25) is 0 Å². The monoisotopic (exact) mass is 319 g/mol. The number of nitrogens with two attached hydrogens (primary N) is 1. The Morgan fingerprint density at radius 1 is 1.05 bits per heavy atom. The topological polar surface area (TPSA) is 35.2 Å². The van der Waals surface area contributed by atoms with Gasteiger partial charge in [-0.05, 0) is 24.1 Å². The first-order chi connectivity index (χ1) is 9.18. The molecule has 0 aromatic heterocycles. The molecule has 2 unspecified atom stereocenters. The van der Waals surface area contributed by atoms with Gasteiger partial charge in [-0.15, -0.1) is 0 Å². The van der Waals surface area contributed by atoms with Gasteiger partial charge in [-0.1, -0.05) is 64.5 Å². The molecule has 0 amide bonds. The molecule has 19 heavy (non-hydrogen) atoms. The predicted octanol–water partition coefficient (Wildman–Crippen LogP) is 4.05. The molecule has 2 aromatic carbocycles. The summed E-state index contributed by atoms with van der Waals surface area (Å²) in [6, 6.07) is 18.1. The van der Waals surface area contributed by atoms with E-state index in [1.165, 1.54) is 0 Å². The van der Waals surface area contributed by atoms with Gasteiger partial charge >= 0.3 is 0 Å². The minimum absolute atomic E-state index is 0.0510. The Kier molecular flexibility index (Phi) is 5.14. The van der Waals surface area contributed by atoms with Crippen LogP contribution in [0.4, 0.5) is 0 Å². The lowest BCUT2D eigenvalue weighted by molar-refractivity contribution is 0.0256. The van der Waals surface area contributed by atoms with Crippen LogP contribution in [-0.2, 0) is 11.3 Å². The molecule has 0 bridgehead atoms. The predicted molar refractivity (Wildman–Crippen MR) is 81.8 cm³/mol. The Balaban J connectivity index is 2.09. The molecule has 2 N–H and O–H groups in total. The summed E-state index contributed by atoms with van der Waals surface area (Å²) in [6.07, 6.45) is -0.0895. The van der Waals surface area contributed by atoms with E-state index in [0.717, 1.165) is 15.6 Å². The average Bonchev–Trinajstić information content (AvgIpc) is 2.42. The van der Waals surface area contributed by atoms with Gasteiger partial charge in [-0.2, -0.15) is 0 Å². The molecule has 100 valence electrons. The van der Waals surface area contributed by atoms with Crippen LogP contribution in [0, 0.1) is 0 Å². The van der Waals surface area contributed by atoms with Crippen LogP contribution in [0.2, 0.25) is 0 Å². The standard InChI is InChI=1S/C16H18BrNO/c1-12(18)16(13-7-3-2-4-8-13)19-11-14-9-5-6-10-15(14)17/h2-10,12,16H,11,18H2,1H3. The van der Waals surface area contributed by atoms with E-state index in [4.69, 9.17) is 10.5 Å². The lowest BCUT2D eigenvalue weighted by Gasteiger charge is -2.22. The smallest absolute Gasteiger partial charge is 0.0977 e. The molecule has 2 aromatic rings. The van der Waals surface area contributed by atoms with Gasteiger partial charge in [0.25, 0.3) is 0 Å². The number of ether oxygens (including phenoxy) is 1. The summed E-state index contributed by atoms with van der Waals surface area (Å²) in [5, 5.41) is 0. The van der Waals surface area contributed by atoms with Crippen LogP contribution in [-0.4, -0.2) is 6.04 Å². The van der Waals surface area contributed by atoms with E-state index in [1.807, 2.05) is 61.5 Å². The third-order valence-electron chi connectivity index (χ3n) is 2.98. The zero-order valence-corrected chi connectivity index (χ0v) is 12.5. The Hall–Kier alpha value is -1.16. The normalized spacial score (nSPS) is 14.1. The Morgan fingerprint density at radius 3 is 2.32 bits per heavy atom. The van der Waals surface area contributed by atoms with Gasteiger partial charge in [0.05, 0.1) is 12.7 Å². The highest BCUT2D eigenvalue weighted by Gasteiger charge is 2.16. The quantitative estimate of drug-likeness (QED) is 0.902. The molecule has 2 atom stereocenters. The third-order valence-corrected chi connectivity index (χ3v) is 3.76. The van der Waals surface area contributed by atoms with E-state index < -0.39 is 0 Å². The highest BCUT2D eigenvalue weighted by molar-refractivity contribution is 9.10. The molecule has 0 radical (unpaired) electrons. The second-order valence-electron chi connectivity index (χ2n) is 4.59. The van der Waals surface area contributed by atoms with Crippen molar-refractivity contribution in [3.8, 4) is 0 Å². The van der Waals surface area contributed by atoms with Gasteiger partial charge < -0.3 is 10.5 Å². The summed E-state index contributed by atoms with van der Waals surface area (Å²) < 4.78 is 7.06. The van der Waals surface area contributed by atoms with Gasteiger partial charge in [0.1, 0.15) is 0 Å². The van der Waals surface area contributed by atoms with E-state index in [2.05, 4.69) is 15.9 Å². The summed E-state index contributed by atoms with van der Waals surface area (Å²) in [5.74, 6) is 0. The van der Waals surface area contributed by atoms with Crippen molar-refractivity contribution in [2.45, 2.75) is 25.7 Å². The fourth-order valence-corrected chi connectivity index (χ4v) is 2.39. The van der Waals surface area contributed by atoms with Crippen LogP contribution < -0.4 is 5.73 Å². The first-order valence-electron chi connectivity index (χ1n) is 6.34. The van der Waals surface area contributed by atoms with Crippen molar-refractivity contribution in [2.75, 3.05) is 0 Å². The van der Waals surface area contributed by atoms with Gasteiger partial charge in [-0.25, -0.2) is 0 Å². The molecule has 2 nitrogen and oxygen atoms in total. The number of hydrogen-bond donors (Lipinski definition) is 1. The maximum Gasteiger partial charge on any atom is 0.0977 e. The second-order valence-corrected chi connectivity index (χ2v) is 5.45. The number of rotatable bonds is 5. The second kappa shape index (κ2) is 6.85. The summed E-state index contributed by atoms with van der Waals surface area (Å²) in [6.45, 7) is 2.51. The lowest BCUT2D eigenvalue weighted by Crippen LogP contribution is -2.26. The molecule has 0 fully saturated rings. The molecule has 0 saturated carbocycles. The van der Waals surface area contributed by atoms with Crippen LogP contribution in [0.25, 0.3) is 0 Å². The zero-order valence-electron chi connectivity index (χ0n) is 10.9. The molecule has 3 heteroatoms. The van der Waals surface area contributed by atoms with E-state index in [-0.39, 0.29) is 12.1 Å². The van der Waals surface area contributed by atoms with Gasteiger partial charge in [0.2, 0.25) is 0 Å². The van der Waals surface area contributed by atoms with Crippen molar-refractivity contribution in [2.24, 2.45) is 5.73 Å². The van der Waals surface area contributed by atoms with Gasteiger partial charge in [0, 0.05) is 10.5 Å². The SMILES string of the molecule is CC(N)C(OCc1ccccc1Br)c1ccccc1. The summed E-state index contributed by atoms with van der Waals surface area (Å²) in [4.78, 5) is 0. The van der Waals surface area contributed by atoms with Crippen molar-refractivity contribution in [3.63, 3.8) is 0 Å². The molecule has 0 aliphatic heterocycles. The molecule has 0 aliphatic rings. The summed E-state index contributed by atoms with van der Waals surface area (Å²) >= 11 is 3.53. The number of halogens is 1. The van der Waals surface area contributed by atoms with Crippen molar-refractivity contribution >= 4 is 15.9 Å². The molecule has 0 heterocycles. The van der Waals surface area contributed by atoms with Crippen molar-refractivity contribution in [1.29, 1.82) is 0 Å². The first-order valence-corrected chi connectivity index (χ1v) is 7.13. The Labute approximate surface area is 122 Å². The van der Waals surface area contributed by atoms with Crippen LogP contribution in [0.5, 0.6) is 0 Å². The fourth-order valence-electron chi connectivity index (χ4n) is 1.99. The highest BCUT2D eigenvalue weighted by Crippen LogP contribution is 2.24. The van der Waals surface area contributed by atoms with Crippen LogP contribution in [0.3, 0.4) is 0 Å². The van der Waals surface area contributed by atoms with Crippen LogP contribution in [0.1, 0.15) is 24.2 Å². The highest BCUT2D eigenvalue weighted by atomic mass is 79.9. The average molecular weight is 320 g/mol. The van der Waals surface area contributed by atoms with Gasteiger partial charge in [0.15, 0.2) is 0 Å². The summed E-state index contributed by atoms with van der Waals surface area (Å²) in [5.41, 5.74) is 8.28. The van der Waals surface area contributed by atoms with E-state index >= 15 is 0 Å². The van der Waals surface area contributed by atoms with Crippen LogP contribution >= 0.6 is 15.9 Å². The fraction of sp³-hybridized carbons (Fsp3) is 0.250. The third kappa shape index (κ3) is 3.90. The molecular formula is C16H18BrNO. The van der Waals surface area contributed by atoms with Crippen molar-refractivity contribution < 1.29 is 4.74 Å². The number of benzene rings is 2. The van der Waals surface area contributed by atoms with E-state index in [0.29, 0.717) is 6.61 Å². The van der Waals surface area contributed by atoms with Crippen molar-refractivity contribution in [3.05, 3.63) is 70.2 Å². The minimum Gasteiger partial charge on any atom is -0.367 e. The molecule has 2 rings (SSSR count). The molecule has 0 spiro atoms. The Morgan fingerprint density at radius 2 is 1.68 bits per heavy atom. The first kappa shape index (κ1) is 14.3. The molecule has 0 aliphatic carbocycles. The number of hydrogen-bond acceptors (Lipinski definition) is 2. The van der Waals surface area contributed by atoms with E-state index in [1.54, 1.807) is 0 Å². The molecular weight excluding hydrogens is 302 g/mol. The van der Waals surface area contributed by atoms with Crippen molar-refractivity contribution in [1.82, 2.24) is 0 Å². The minimum atomic E-state index is -0.0895. The largest absolute Gasteiger partial charge is 0.367 e. The maximum absolute atomic E-state index is 6.03. The van der Waals surface area contributed by atoms with E-state index in [9.17, 15) is 0 Å². The molecule has 0 saturated heterocycles. The maximum atomic E-state index is 6.03. The Bertz CT molecular complexity index is 513. The van der Waals surface area contributed by atoms with Crippen LogP contribution in [0.15, 0.2) is 59.1 Å². The lowest BCUT2D eigenvalue weighted by atomic mass is 10.0. The summed E-state index contributed by atoms with van der Waals surface area (Å²) in [7, 11) is 0. The zero-order chi connectivity index (χ0) is 13.7.